The molecule has 1 aromatic heterocycles. The van der Waals surface area contributed by atoms with Gasteiger partial charge in [-0.1, -0.05) is 12.1 Å². The molecule has 3 aromatic rings. The second kappa shape index (κ2) is 10.2. The molecule has 2 aromatic carbocycles. The Morgan fingerprint density at radius 1 is 1.03 bits per heavy atom. The fraction of sp³-hybridized carbons (Fsp3) is 0.385. The van der Waals surface area contributed by atoms with Crippen molar-refractivity contribution < 1.29 is 35.1 Å². The number of hydrogen-bond donors (Lipinski definition) is 0. The number of aromatic nitrogens is 2. The summed E-state index contributed by atoms with van der Waals surface area (Å²) in [4.78, 5) is 8.96. The Hall–Kier alpha value is -3.12. The van der Waals surface area contributed by atoms with Crippen LogP contribution in [0.2, 0.25) is 0 Å². The minimum absolute atomic E-state index is 0.0751. The van der Waals surface area contributed by atoms with Crippen LogP contribution < -0.4 is 4.74 Å². The van der Waals surface area contributed by atoms with Crippen molar-refractivity contribution in [3.05, 3.63) is 83.4 Å². The molecule has 0 bridgehead atoms. The summed E-state index contributed by atoms with van der Waals surface area (Å²) in [7, 11) is -4.12. The molecule has 38 heavy (non-hydrogen) atoms. The third-order valence-corrected chi connectivity index (χ3v) is 8.81. The molecule has 2 aliphatic heterocycles. The van der Waals surface area contributed by atoms with E-state index in [1.807, 2.05) is 4.90 Å². The molecule has 3 heterocycles. The quantitative estimate of drug-likeness (QED) is 0.385. The maximum Gasteiger partial charge on any atom is 0.391 e. The van der Waals surface area contributed by atoms with Crippen molar-refractivity contribution in [3.8, 4) is 5.75 Å². The van der Waals surface area contributed by atoms with Crippen LogP contribution in [0.5, 0.6) is 5.75 Å². The first-order chi connectivity index (χ1) is 18.0. The first-order valence-electron chi connectivity index (χ1n) is 12.0. The van der Waals surface area contributed by atoms with Crippen molar-refractivity contribution in [1.82, 2.24) is 14.9 Å². The van der Waals surface area contributed by atoms with Gasteiger partial charge in [-0.2, -0.15) is 13.2 Å². The molecule has 0 saturated carbocycles. The zero-order valence-electron chi connectivity index (χ0n) is 20.0. The molecule has 0 unspecified atom stereocenters. The molecule has 0 aliphatic carbocycles. The number of fused-ring (bicyclic) bond motifs is 1. The largest absolute Gasteiger partial charge is 0.493 e. The van der Waals surface area contributed by atoms with E-state index in [1.54, 1.807) is 0 Å². The van der Waals surface area contributed by atoms with Crippen molar-refractivity contribution in [2.24, 2.45) is 5.92 Å². The number of piperidine rings is 1. The van der Waals surface area contributed by atoms with Crippen LogP contribution in [0.4, 0.5) is 22.0 Å². The third-order valence-electron chi connectivity index (χ3n) is 7.15. The molecule has 0 radical (unpaired) electrons. The number of ether oxygens (including phenoxy) is 1. The summed E-state index contributed by atoms with van der Waals surface area (Å²) in [6.07, 6.45) is -1.79. The van der Waals surface area contributed by atoms with Gasteiger partial charge in [0.15, 0.2) is 9.84 Å². The highest BCUT2D eigenvalue weighted by Crippen LogP contribution is 2.48. The van der Waals surface area contributed by atoms with Crippen LogP contribution in [0.15, 0.2) is 59.9 Å². The van der Waals surface area contributed by atoms with Gasteiger partial charge in [-0.25, -0.2) is 27.2 Å². The summed E-state index contributed by atoms with van der Waals surface area (Å²) in [5, 5.41) is 0. The first-order valence-corrected chi connectivity index (χ1v) is 13.7. The number of sulfone groups is 1. The summed E-state index contributed by atoms with van der Waals surface area (Å²) >= 11 is 0. The molecule has 0 amide bonds. The fourth-order valence-corrected chi connectivity index (χ4v) is 6.65. The Balaban J connectivity index is 1.49. The van der Waals surface area contributed by atoms with Crippen LogP contribution in [0.25, 0.3) is 0 Å². The van der Waals surface area contributed by atoms with E-state index < -0.39 is 56.3 Å². The van der Waals surface area contributed by atoms with E-state index in [2.05, 4.69) is 9.97 Å². The number of rotatable bonds is 5. The Kier molecular flexibility index (Phi) is 7.12. The van der Waals surface area contributed by atoms with Crippen LogP contribution in [-0.2, 0) is 15.6 Å². The lowest BCUT2D eigenvalue weighted by Gasteiger charge is -2.46. The molecule has 12 heteroatoms. The van der Waals surface area contributed by atoms with Crippen molar-refractivity contribution in [1.29, 1.82) is 0 Å². The van der Waals surface area contributed by atoms with Crippen molar-refractivity contribution in [2.75, 3.05) is 13.2 Å². The SMILES string of the molecule is O=S(=O)(Cc1ccncn1)c1cc2c(cc1F)[C@@H](N1CC[C@@H](C(F)(F)F)C[C@H]1c1ccc(F)cc1)CCO2. The number of halogens is 5. The summed E-state index contributed by atoms with van der Waals surface area (Å²) in [6.45, 7) is 0.246. The summed E-state index contributed by atoms with van der Waals surface area (Å²) in [5.74, 6) is -3.37. The second-order valence-electron chi connectivity index (χ2n) is 9.50. The molecule has 3 atom stereocenters. The maximum absolute atomic E-state index is 15.3. The molecule has 0 N–H and O–H groups in total. The van der Waals surface area contributed by atoms with Gasteiger partial charge in [0.25, 0.3) is 0 Å². The van der Waals surface area contributed by atoms with Crippen molar-refractivity contribution in [3.63, 3.8) is 0 Å². The maximum atomic E-state index is 15.3. The topological polar surface area (TPSA) is 72.4 Å². The molecular formula is C26H24F5N3O3S. The molecule has 1 fully saturated rings. The standard InChI is InChI=1S/C26H24F5N3O3S/c27-18-3-1-16(2-4-18)23-11-17(26(29,30)31)6-9-34(23)22-7-10-37-24-13-25(21(28)12-20(22)24)38(35,36)14-19-5-8-32-15-33-19/h1-5,8,12-13,15,17,22-23H,6-7,9-11,14H2/t17-,22+,23+/m1/s1. The third kappa shape index (κ3) is 5.37. The molecule has 202 valence electrons. The zero-order valence-corrected chi connectivity index (χ0v) is 20.9. The van der Waals surface area contributed by atoms with Gasteiger partial charge in [0.1, 0.15) is 28.6 Å². The predicted molar refractivity (Wildman–Crippen MR) is 127 cm³/mol. The van der Waals surface area contributed by atoms with Crippen LogP contribution in [0.1, 0.15) is 48.2 Å². The monoisotopic (exact) mass is 553 g/mol. The van der Waals surface area contributed by atoms with E-state index in [0.717, 1.165) is 12.1 Å². The normalized spacial score (nSPS) is 22.5. The highest BCUT2D eigenvalue weighted by Gasteiger charge is 2.46. The lowest BCUT2D eigenvalue weighted by molar-refractivity contribution is -0.192. The molecule has 1 saturated heterocycles. The van der Waals surface area contributed by atoms with E-state index in [0.29, 0.717) is 17.5 Å². The predicted octanol–water partition coefficient (Wildman–Crippen LogP) is 5.57. The minimum atomic E-state index is -4.38. The molecule has 0 spiro atoms. The highest BCUT2D eigenvalue weighted by atomic mass is 32.2. The number of likely N-dealkylation sites (tertiary alicyclic amines) is 1. The lowest BCUT2D eigenvalue weighted by atomic mass is 9.84. The molecular weight excluding hydrogens is 529 g/mol. The van der Waals surface area contributed by atoms with Crippen LogP contribution in [-0.4, -0.2) is 42.6 Å². The molecule has 6 nitrogen and oxygen atoms in total. The van der Waals surface area contributed by atoms with Gasteiger partial charge in [0.2, 0.25) is 0 Å². The smallest absolute Gasteiger partial charge is 0.391 e. The van der Waals surface area contributed by atoms with E-state index in [-0.39, 0.29) is 37.4 Å². The van der Waals surface area contributed by atoms with Crippen molar-refractivity contribution in [2.45, 2.75) is 48.2 Å². The van der Waals surface area contributed by atoms with Gasteiger partial charge < -0.3 is 4.74 Å². The highest BCUT2D eigenvalue weighted by molar-refractivity contribution is 7.90. The van der Waals surface area contributed by atoms with Crippen LogP contribution in [0.3, 0.4) is 0 Å². The summed E-state index contributed by atoms with van der Waals surface area (Å²) in [5.41, 5.74) is 1.09. The fourth-order valence-electron chi connectivity index (χ4n) is 5.30. The zero-order chi connectivity index (χ0) is 27.1. The Labute approximate surface area is 216 Å². The van der Waals surface area contributed by atoms with Gasteiger partial charge in [-0.15, -0.1) is 0 Å². The van der Waals surface area contributed by atoms with Crippen LogP contribution >= 0.6 is 0 Å². The Morgan fingerprint density at radius 3 is 2.47 bits per heavy atom. The first kappa shape index (κ1) is 26.5. The van der Waals surface area contributed by atoms with Crippen LogP contribution in [0, 0.1) is 17.6 Å². The van der Waals surface area contributed by atoms with E-state index in [1.165, 1.54) is 42.9 Å². The van der Waals surface area contributed by atoms with E-state index >= 15 is 4.39 Å². The average Bonchev–Trinajstić information content (AvgIpc) is 2.88. The van der Waals surface area contributed by atoms with Gasteiger partial charge in [0.05, 0.1) is 24.0 Å². The average molecular weight is 554 g/mol. The number of benzene rings is 2. The van der Waals surface area contributed by atoms with Gasteiger partial charge in [-0.05, 0) is 49.2 Å². The Bertz CT molecular complexity index is 1400. The summed E-state index contributed by atoms with van der Waals surface area (Å²) < 4.78 is 102. The lowest BCUT2D eigenvalue weighted by Crippen LogP contribution is -2.44. The van der Waals surface area contributed by atoms with E-state index in [9.17, 15) is 26.0 Å². The van der Waals surface area contributed by atoms with Crippen molar-refractivity contribution >= 4 is 9.84 Å². The van der Waals surface area contributed by atoms with Gasteiger partial charge in [0, 0.05) is 36.3 Å². The second-order valence-corrected chi connectivity index (χ2v) is 11.5. The summed E-state index contributed by atoms with van der Waals surface area (Å²) in [6, 6.07) is 7.79. The van der Waals surface area contributed by atoms with E-state index in [4.69, 9.17) is 4.74 Å². The number of alkyl halides is 3. The number of nitrogens with zero attached hydrogens (tertiary/aromatic N) is 3. The Morgan fingerprint density at radius 2 is 1.79 bits per heavy atom. The molecule has 5 rings (SSSR count). The number of hydrogen-bond acceptors (Lipinski definition) is 6. The molecule has 2 aliphatic rings. The minimum Gasteiger partial charge on any atom is -0.493 e. The van der Waals surface area contributed by atoms with Gasteiger partial charge >= 0.3 is 6.18 Å². The van der Waals surface area contributed by atoms with Gasteiger partial charge in [-0.3, -0.25) is 4.90 Å².